The predicted molar refractivity (Wildman–Crippen MR) is 66.3 cm³/mol. The van der Waals surface area contributed by atoms with E-state index in [1.54, 1.807) is 19.9 Å². The van der Waals surface area contributed by atoms with Gasteiger partial charge >= 0.3 is 5.97 Å². The number of rotatable bonds is 4. The van der Waals surface area contributed by atoms with Crippen LogP contribution in [0, 0.1) is 5.92 Å². The highest BCUT2D eigenvalue weighted by molar-refractivity contribution is 6.21. The Balaban J connectivity index is 3.11. The Morgan fingerprint density at radius 1 is 1.18 bits per heavy atom. The molecule has 0 saturated carbocycles. The number of hydrogen-bond donors (Lipinski definition) is 0. The maximum absolute atomic E-state index is 11.9. The van der Waals surface area contributed by atoms with Crippen molar-refractivity contribution in [3.05, 3.63) is 41.5 Å². The van der Waals surface area contributed by atoms with E-state index in [-0.39, 0.29) is 17.3 Å². The molecule has 0 unspecified atom stereocenters. The fourth-order valence-corrected chi connectivity index (χ4v) is 1.37. The molecule has 0 amide bonds. The third-order valence-corrected chi connectivity index (χ3v) is 2.31. The Bertz CT molecular complexity index is 430. The monoisotopic (exact) mass is 232 g/mol. The number of ether oxygens (including phenoxy) is 1. The lowest BCUT2D eigenvalue weighted by atomic mass is 9.99. The average Bonchev–Trinajstić information content (AvgIpc) is 2.35. The second-order valence-electron chi connectivity index (χ2n) is 3.98. The Kier molecular flexibility index (Phi) is 4.64. The number of methoxy groups -OCH3 is 1. The van der Waals surface area contributed by atoms with E-state index in [4.69, 9.17) is 0 Å². The van der Waals surface area contributed by atoms with Crippen molar-refractivity contribution in [2.75, 3.05) is 7.11 Å². The molecule has 17 heavy (non-hydrogen) atoms. The van der Waals surface area contributed by atoms with Gasteiger partial charge in [-0.2, -0.15) is 0 Å². The average molecular weight is 232 g/mol. The number of carbonyl (C=O) groups excluding carboxylic acids is 2. The molecule has 0 aliphatic heterocycles. The lowest BCUT2D eigenvalue weighted by molar-refractivity contribution is -0.138. The fourth-order valence-electron chi connectivity index (χ4n) is 1.37. The lowest BCUT2D eigenvalue weighted by Gasteiger charge is -2.07. The van der Waals surface area contributed by atoms with Crippen LogP contribution < -0.4 is 0 Å². The minimum absolute atomic E-state index is 0.0914. The molecule has 1 aromatic rings. The topological polar surface area (TPSA) is 43.4 Å². The minimum Gasteiger partial charge on any atom is -0.465 e. The van der Waals surface area contributed by atoms with Gasteiger partial charge in [0.25, 0.3) is 0 Å². The zero-order valence-electron chi connectivity index (χ0n) is 10.3. The van der Waals surface area contributed by atoms with Crippen LogP contribution in [0.25, 0.3) is 6.08 Å². The number of carbonyl (C=O) groups is 2. The van der Waals surface area contributed by atoms with E-state index in [0.29, 0.717) is 0 Å². The SMILES string of the molecule is COC(=O)/C(=C\c1ccccc1)C(=O)C(C)C. The zero-order valence-corrected chi connectivity index (χ0v) is 10.3. The highest BCUT2D eigenvalue weighted by Crippen LogP contribution is 2.13. The summed E-state index contributed by atoms with van der Waals surface area (Å²) in [7, 11) is 1.27. The molecule has 0 aromatic heterocycles. The molecule has 3 nitrogen and oxygen atoms in total. The van der Waals surface area contributed by atoms with Crippen LogP contribution in [0.4, 0.5) is 0 Å². The summed E-state index contributed by atoms with van der Waals surface area (Å²) in [6.45, 7) is 3.51. The Labute approximate surface area is 101 Å². The highest BCUT2D eigenvalue weighted by Gasteiger charge is 2.21. The first-order chi connectivity index (χ1) is 8.06. The normalized spacial score (nSPS) is 11.4. The molecule has 0 atom stereocenters. The highest BCUT2D eigenvalue weighted by atomic mass is 16.5. The third kappa shape index (κ3) is 3.55. The molecular weight excluding hydrogens is 216 g/mol. The van der Waals surface area contributed by atoms with Crippen LogP contribution in [0.5, 0.6) is 0 Å². The van der Waals surface area contributed by atoms with Crippen LogP contribution in [-0.4, -0.2) is 18.9 Å². The number of hydrogen-bond acceptors (Lipinski definition) is 3. The van der Waals surface area contributed by atoms with Crippen LogP contribution >= 0.6 is 0 Å². The quantitative estimate of drug-likeness (QED) is 0.346. The van der Waals surface area contributed by atoms with Crippen molar-refractivity contribution in [1.82, 2.24) is 0 Å². The largest absolute Gasteiger partial charge is 0.465 e. The molecule has 0 aliphatic rings. The molecule has 0 N–H and O–H groups in total. The van der Waals surface area contributed by atoms with E-state index in [1.807, 2.05) is 30.3 Å². The summed E-state index contributed by atoms with van der Waals surface area (Å²) < 4.78 is 4.63. The summed E-state index contributed by atoms with van der Waals surface area (Å²) >= 11 is 0. The third-order valence-electron chi connectivity index (χ3n) is 2.31. The summed E-state index contributed by atoms with van der Waals surface area (Å²) in [4.78, 5) is 23.4. The summed E-state index contributed by atoms with van der Waals surface area (Å²) in [5.41, 5.74) is 0.899. The van der Waals surface area contributed by atoms with Crippen molar-refractivity contribution >= 4 is 17.8 Å². The summed E-state index contributed by atoms with van der Waals surface area (Å²) in [5, 5.41) is 0. The van der Waals surface area contributed by atoms with Gasteiger partial charge in [-0.05, 0) is 11.6 Å². The van der Waals surface area contributed by atoms with Gasteiger partial charge in [0.2, 0.25) is 0 Å². The first-order valence-electron chi connectivity index (χ1n) is 5.45. The van der Waals surface area contributed by atoms with Crippen molar-refractivity contribution in [2.45, 2.75) is 13.8 Å². The number of Topliss-reactive ketones (excluding diaryl/α,β-unsaturated/α-hetero) is 1. The van der Waals surface area contributed by atoms with E-state index >= 15 is 0 Å². The molecule has 1 rings (SSSR count). The van der Waals surface area contributed by atoms with Crippen LogP contribution in [0.1, 0.15) is 19.4 Å². The summed E-state index contributed by atoms with van der Waals surface area (Å²) in [6.07, 6.45) is 1.56. The molecule has 0 bridgehead atoms. The maximum Gasteiger partial charge on any atom is 0.341 e. The van der Waals surface area contributed by atoms with Gasteiger partial charge in [0.05, 0.1) is 7.11 Å². The van der Waals surface area contributed by atoms with Gasteiger partial charge in [0.15, 0.2) is 5.78 Å². The molecule has 0 fully saturated rings. The van der Waals surface area contributed by atoms with Crippen molar-refractivity contribution in [2.24, 2.45) is 5.92 Å². The van der Waals surface area contributed by atoms with Gasteiger partial charge in [0, 0.05) is 5.92 Å². The van der Waals surface area contributed by atoms with Crippen LogP contribution in [-0.2, 0) is 14.3 Å². The van der Waals surface area contributed by atoms with Crippen molar-refractivity contribution in [1.29, 1.82) is 0 Å². The van der Waals surface area contributed by atoms with Gasteiger partial charge in [0.1, 0.15) is 5.57 Å². The van der Waals surface area contributed by atoms with Gasteiger partial charge in [-0.1, -0.05) is 44.2 Å². The molecule has 0 saturated heterocycles. The van der Waals surface area contributed by atoms with Crippen molar-refractivity contribution < 1.29 is 14.3 Å². The lowest BCUT2D eigenvalue weighted by Crippen LogP contribution is -2.18. The second kappa shape index (κ2) is 5.99. The molecule has 0 radical (unpaired) electrons. The molecule has 90 valence electrons. The number of esters is 1. The van der Waals surface area contributed by atoms with Gasteiger partial charge < -0.3 is 4.74 Å². The molecule has 1 aromatic carbocycles. The predicted octanol–water partition coefficient (Wildman–Crippen LogP) is 2.47. The number of benzene rings is 1. The number of ketones is 1. The van der Waals surface area contributed by atoms with E-state index in [1.165, 1.54) is 7.11 Å². The Morgan fingerprint density at radius 3 is 2.24 bits per heavy atom. The second-order valence-corrected chi connectivity index (χ2v) is 3.98. The van der Waals surface area contributed by atoms with E-state index in [2.05, 4.69) is 4.74 Å². The molecular formula is C14H16O3. The molecule has 3 heteroatoms. The van der Waals surface area contributed by atoms with E-state index in [9.17, 15) is 9.59 Å². The molecule has 0 spiro atoms. The standard InChI is InChI=1S/C14H16O3/c1-10(2)13(15)12(14(16)17-3)9-11-7-5-4-6-8-11/h4-10H,1-3H3/b12-9-. The van der Waals surface area contributed by atoms with Crippen LogP contribution in [0.3, 0.4) is 0 Å². The van der Waals surface area contributed by atoms with E-state index in [0.717, 1.165) is 5.56 Å². The van der Waals surface area contributed by atoms with Crippen molar-refractivity contribution in [3.63, 3.8) is 0 Å². The zero-order chi connectivity index (χ0) is 12.8. The van der Waals surface area contributed by atoms with Crippen LogP contribution in [0.2, 0.25) is 0 Å². The first kappa shape index (κ1) is 13.2. The van der Waals surface area contributed by atoms with Crippen LogP contribution in [0.15, 0.2) is 35.9 Å². The van der Waals surface area contributed by atoms with E-state index < -0.39 is 5.97 Å². The van der Waals surface area contributed by atoms with Gasteiger partial charge in [-0.15, -0.1) is 0 Å². The Hall–Kier alpha value is -1.90. The smallest absolute Gasteiger partial charge is 0.341 e. The Morgan fingerprint density at radius 2 is 1.76 bits per heavy atom. The maximum atomic E-state index is 11.9. The summed E-state index contributed by atoms with van der Waals surface area (Å²) in [6, 6.07) is 9.23. The molecule has 0 aliphatic carbocycles. The fraction of sp³-hybridized carbons (Fsp3) is 0.286. The first-order valence-corrected chi connectivity index (χ1v) is 5.45. The molecule has 0 heterocycles. The van der Waals surface area contributed by atoms with Gasteiger partial charge in [-0.3, -0.25) is 4.79 Å². The summed E-state index contributed by atoms with van der Waals surface area (Å²) in [5.74, 6) is -1.03. The van der Waals surface area contributed by atoms with Gasteiger partial charge in [-0.25, -0.2) is 4.79 Å². The minimum atomic E-state index is -0.590. The van der Waals surface area contributed by atoms with Crippen molar-refractivity contribution in [3.8, 4) is 0 Å².